The minimum Gasteiger partial charge on any atom is -0.481 e. The largest absolute Gasteiger partial charge is 0.481 e. The van der Waals surface area contributed by atoms with Crippen molar-refractivity contribution in [3.05, 3.63) is 16.1 Å². The van der Waals surface area contributed by atoms with E-state index in [2.05, 4.69) is 39.3 Å². The number of rotatable bonds is 3. The quantitative estimate of drug-likeness (QED) is 0.934. The van der Waals surface area contributed by atoms with Crippen molar-refractivity contribution in [2.45, 2.75) is 45.6 Å². The molecule has 0 aliphatic carbocycles. The lowest BCUT2D eigenvalue weighted by Gasteiger charge is -2.23. The molecule has 1 atom stereocenters. The molecule has 17 heavy (non-hydrogen) atoms. The minimum atomic E-state index is -0.748. The van der Waals surface area contributed by atoms with Gasteiger partial charge in [0.05, 0.1) is 11.6 Å². The van der Waals surface area contributed by atoms with E-state index >= 15 is 0 Å². The van der Waals surface area contributed by atoms with Gasteiger partial charge < -0.3 is 9.67 Å². The van der Waals surface area contributed by atoms with E-state index in [0.29, 0.717) is 16.9 Å². The molecule has 0 fully saturated rings. The van der Waals surface area contributed by atoms with Crippen molar-refractivity contribution in [3.8, 4) is 0 Å². The first-order valence-electron chi connectivity index (χ1n) is 5.98. The molecule has 1 unspecified atom stereocenters. The van der Waals surface area contributed by atoms with E-state index in [4.69, 9.17) is 0 Å². The molecule has 0 amide bonds. The van der Waals surface area contributed by atoms with Crippen LogP contribution in [0.25, 0.3) is 0 Å². The van der Waals surface area contributed by atoms with Crippen molar-refractivity contribution < 1.29 is 9.90 Å². The Hall–Kier alpha value is -0.840. The summed E-state index contributed by atoms with van der Waals surface area (Å²) in [5.41, 5.74) is 0.847. The van der Waals surface area contributed by atoms with Crippen molar-refractivity contribution >= 4 is 21.9 Å². The fraction of sp³-hybridized carbons (Fsp3) is 0.667. The van der Waals surface area contributed by atoms with Crippen LogP contribution in [0.4, 0.5) is 0 Å². The summed E-state index contributed by atoms with van der Waals surface area (Å²) < 4.78 is 2.80. The van der Waals surface area contributed by atoms with Crippen LogP contribution in [0.2, 0.25) is 0 Å². The number of carbonyl (C=O) groups is 1. The van der Waals surface area contributed by atoms with E-state index in [-0.39, 0.29) is 0 Å². The molecule has 4 nitrogen and oxygen atoms in total. The van der Waals surface area contributed by atoms with Crippen LogP contribution < -0.4 is 0 Å². The third-order valence-corrected chi connectivity index (χ3v) is 3.72. The monoisotopic (exact) mass is 300 g/mol. The molecule has 0 aromatic carbocycles. The maximum absolute atomic E-state index is 11.2. The molecule has 1 aromatic heterocycles. The molecule has 94 valence electrons. The van der Waals surface area contributed by atoms with E-state index in [0.717, 1.165) is 30.9 Å². The fourth-order valence-electron chi connectivity index (χ4n) is 2.41. The summed E-state index contributed by atoms with van der Waals surface area (Å²) in [6.07, 6.45) is 2.52. The zero-order valence-corrected chi connectivity index (χ0v) is 11.7. The Labute approximate surface area is 109 Å². The van der Waals surface area contributed by atoms with Crippen LogP contribution in [0.3, 0.4) is 0 Å². The van der Waals surface area contributed by atoms with Crippen molar-refractivity contribution in [3.63, 3.8) is 0 Å². The molecule has 1 N–H and O–H groups in total. The second-order valence-corrected chi connectivity index (χ2v) is 5.74. The highest BCUT2D eigenvalue weighted by molar-refractivity contribution is 9.10. The van der Waals surface area contributed by atoms with Crippen LogP contribution in [-0.2, 0) is 17.8 Å². The molecule has 2 heterocycles. The summed E-state index contributed by atoms with van der Waals surface area (Å²) >= 11 is 3.41. The van der Waals surface area contributed by atoms with Crippen LogP contribution in [0.5, 0.6) is 0 Å². The summed E-state index contributed by atoms with van der Waals surface area (Å²) in [6.45, 7) is 5.18. The van der Waals surface area contributed by atoms with Gasteiger partial charge in [-0.3, -0.25) is 4.79 Å². The smallest absolute Gasteiger partial charge is 0.312 e. The van der Waals surface area contributed by atoms with Gasteiger partial charge in [-0.05, 0) is 34.7 Å². The van der Waals surface area contributed by atoms with Crippen molar-refractivity contribution in [1.82, 2.24) is 9.55 Å². The Kier molecular flexibility index (Phi) is 3.56. The fourth-order valence-corrected chi connectivity index (χ4v) is 3.11. The number of aromatic nitrogens is 2. The summed E-state index contributed by atoms with van der Waals surface area (Å²) in [5.74, 6) is 0.376. The van der Waals surface area contributed by atoms with Gasteiger partial charge in [-0.2, -0.15) is 0 Å². The molecule has 2 rings (SSSR count). The van der Waals surface area contributed by atoms with Crippen LogP contribution in [0.15, 0.2) is 4.60 Å². The van der Waals surface area contributed by atoms with E-state index in [9.17, 15) is 9.90 Å². The molecule has 0 saturated heterocycles. The predicted octanol–water partition coefficient (Wildman–Crippen LogP) is 2.81. The number of aliphatic carboxylic acids is 1. The Morgan fingerprint density at radius 1 is 1.65 bits per heavy atom. The average Bonchev–Trinajstić information content (AvgIpc) is 2.55. The summed E-state index contributed by atoms with van der Waals surface area (Å²) in [4.78, 5) is 15.7. The average molecular weight is 301 g/mol. The van der Waals surface area contributed by atoms with Gasteiger partial charge >= 0.3 is 5.97 Å². The maximum Gasteiger partial charge on any atom is 0.312 e. The number of hydrogen-bond acceptors (Lipinski definition) is 2. The van der Waals surface area contributed by atoms with Gasteiger partial charge in [0.2, 0.25) is 0 Å². The summed E-state index contributed by atoms with van der Waals surface area (Å²) in [6, 6.07) is 0. The number of carboxylic acid groups (broad SMARTS) is 1. The topological polar surface area (TPSA) is 55.1 Å². The molecule has 0 spiro atoms. The highest BCUT2D eigenvalue weighted by atomic mass is 79.9. The number of fused-ring (bicyclic) bond motifs is 1. The van der Waals surface area contributed by atoms with E-state index in [1.807, 2.05) is 0 Å². The Bertz CT molecular complexity index is 440. The van der Waals surface area contributed by atoms with Crippen molar-refractivity contribution in [2.24, 2.45) is 5.92 Å². The third kappa shape index (κ3) is 2.39. The highest BCUT2D eigenvalue weighted by Gasteiger charge is 2.31. The Balaban J connectivity index is 2.42. The van der Waals surface area contributed by atoms with Gasteiger partial charge in [0, 0.05) is 13.0 Å². The minimum absolute atomic E-state index is 0.411. The lowest BCUT2D eigenvalue weighted by atomic mass is 9.96. The summed E-state index contributed by atoms with van der Waals surface area (Å²) in [7, 11) is 0. The number of hydrogen-bond donors (Lipinski definition) is 1. The zero-order chi connectivity index (χ0) is 12.6. The van der Waals surface area contributed by atoms with Crippen molar-refractivity contribution in [2.75, 3.05) is 0 Å². The SMILES string of the molecule is CC(C)Cc1nc(Br)c2n1CCCC2C(=O)O. The third-order valence-electron chi connectivity index (χ3n) is 3.13. The molecule has 0 bridgehead atoms. The van der Waals surface area contributed by atoms with Gasteiger partial charge in [0.25, 0.3) is 0 Å². The molecule has 0 saturated carbocycles. The lowest BCUT2D eigenvalue weighted by molar-refractivity contribution is -0.139. The first kappa shape index (κ1) is 12.6. The first-order chi connectivity index (χ1) is 8.00. The Morgan fingerprint density at radius 2 is 2.35 bits per heavy atom. The van der Waals surface area contributed by atoms with E-state index in [1.165, 1.54) is 0 Å². The van der Waals surface area contributed by atoms with Gasteiger partial charge in [0.15, 0.2) is 0 Å². The maximum atomic E-state index is 11.2. The molecule has 0 radical (unpaired) electrons. The number of nitrogens with zero attached hydrogens (tertiary/aromatic N) is 2. The van der Waals surface area contributed by atoms with Crippen LogP contribution in [-0.4, -0.2) is 20.6 Å². The van der Waals surface area contributed by atoms with Crippen LogP contribution >= 0.6 is 15.9 Å². The standard InChI is InChI=1S/C12H17BrN2O2/c1-7(2)6-9-14-11(13)10-8(12(16)17)4-3-5-15(9)10/h7-8H,3-6H2,1-2H3,(H,16,17). The van der Waals surface area contributed by atoms with E-state index in [1.54, 1.807) is 0 Å². The van der Waals surface area contributed by atoms with Gasteiger partial charge in [0.1, 0.15) is 10.4 Å². The van der Waals surface area contributed by atoms with E-state index < -0.39 is 11.9 Å². The van der Waals surface area contributed by atoms with Gasteiger partial charge in [-0.25, -0.2) is 4.98 Å². The zero-order valence-electron chi connectivity index (χ0n) is 10.1. The van der Waals surface area contributed by atoms with Crippen molar-refractivity contribution in [1.29, 1.82) is 0 Å². The molecule has 1 aromatic rings. The van der Waals surface area contributed by atoms with Crippen LogP contribution in [0, 0.1) is 5.92 Å². The van der Waals surface area contributed by atoms with Crippen LogP contribution in [0.1, 0.15) is 44.1 Å². The molecular weight excluding hydrogens is 284 g/mol. The molecule has 5 heteroatoms. The number of halogens is 1. The Morgan fingerprint density at radius 3 is 2.94 bits per heavy atom. The van der Waals surface area contributed by atoms with Gasteiger partial charge in [-0.1, -0.05) is 13.8 Å². The normalized spacial score (nSPS) is 19.4. The number of carboxylic acids is 1. The molecule has 1 aliphatic heterocycles. The molecule has 1 aliphatic rings. The first-order valence-corrected chi connectivity index (χ1v) is 6.77. The predicted molar refractivity (Wildman–Crippen MR) is 68.1 cm³/mol. The van der Waals surface area contributed by atoms with Gasteiger partial charge in [-0.15, -0.1) is 0 Å². The summed E-state index contributed by atoms with van der Waals surface area (Å²) in [5, 5.41) is 9.24. The second kappa shape index (κ2) is 4.80. The second-order valence-electron chi connectivity index (χ2n) is 4.99. The molecular formula is C12H17BrN2O2. The lowest BCUT2D eigenvalue weighted by Crippen LogP contribution is -2.23. The highest BCUT2D eigenvalue weighted by Crippen LogP contribution is 2.34. The number of imidazole rings is 1.